The Morgan fingerprint density at radius 3 is 2.33 bits per heavy atom. The summed E-state index contributed by atoms with van der Waals surface area (Å²) >= 11 is 0. The fourth-order valence-corrected chi connectivity index (χ4v) is 3.21. The number of esters is 1. The van der Waals surface area contributed by atoms with Crippen LogP contribution in [0.25, 0.3) is 0 Å². The van der Waals surface area contributed by atoms with Crippen LogP contribution < -0.4 is 9.80 Å². The number of rotatable bonds is 5. The lowest BCUT2D eigenvalue weighted by molar-refractivity contribution is -0.384. The number of hydrogen-bond donors (Lipinski definition) is 1. The zero-order chi connectivity index (χ0) is 19.4. The highest BCUT2D eigenvalue weighted by Crippen LogP contribution is 2.30. The molecule has 0 atom stereocenters. The molecular formula is C19H21N3O5. The molecule has 1 aliphatic heterocycles. The Labute approximate surface area is 156 Å². The third-order valence-corrected chi connectivity index (χ3v) is 4.53. The summed E-state index contributed by atoms with van der Waals surface area (Å²) < 4.78 is 5.07. The van der Waals surface area contributed by atoms with Crippen LogP contribution in [0.2, 0.25) is 0 Å². The van der Waals surface area contributed by atoms with Gasteiger partial charge in [0.15, 0.2) is 0 Å². The molecule has 27 heavy (non-hydrogen) atoms. The van der Waals surface area contributed by atoms with Crippen LogP contribution in [0.1, 0.15) is 17.3 Å². The lowest BCUT2D eigenvalue weighted by Gasteiger charge is -2.38. The Morgan fingerprint density at radius 1 is 1.11 bits per heavy atom. The molecule has 2 aromatic carbocycles. The number of hydrogen-bond acceptors (Lipinski definition) is 7. The van der Waals surface area contributed by atoms with Gasteiger partial charge in [-0.1, -0.05) is 12.1 Å². The van der Waals surface area contributed by atoms with Gasteiger partial charge in [0.1, 0.15) is 5.75 Å². The van der Waals surface area contributed by atoms with Crippen molar-refractivity contribution < 1.29 is 19.6 Å². The molecule has 1 heterocycles. The Morgan fingerprint density at radius 2 is 1.74 bits per heavy atom. The average molecular weight is 371 g/mol. The highest BCUT2D eigenvalue weighted by Gasteiger charge is 2.25. The van der Waals surface area contributed by atoms with E-state index in [9.17, 15) is 20.0 Å². The van der Waals surface area contributed by atoms with Crippen LogP contribution in [0, 0.1) is 10.1 Å². The van der Waals surface area contributed by atoms with Crippen LogP contribution in [0.4, 0.5) is 17.1 Å². The fraction of sp³-hybridized carbons (Fsp3) is 0.316. The van der Waals surface area contributed by atoms with Gasteiger partial charge in [0.2, 0.25) is 0 Å². The number of ether oxygens (including phenoxy) is 1. The molecule has 0 aromatic heterocycles. The minimum atomic E-state index is -0.570. The van der Waals surface area contributed by atoms with E-state index in [0.717, 1.165) is 5.69 Å². The van der Waals surface area contributed by atoms with E-state index in [1.165, 1.54) is 12.1 Å². The smallest absolute Gasteiger partial charge is 0.340 e. The van der Waals surface area contributed by atoms with Gasteiger partial charge in [-0.05, 0) is 25.1 Å². The monoisotopic (exact) mass is 371 g/mol. The number of carbonyl (C=O) groups excluding carboxylic acids is 1. The van der Waals surface area contributed by atoms with Crippen molar-refractivity contribution in [2.45, 2.75) is 6.92 Å². The molecule has 1 fully saturated rings. The number of aromatic hydroxyl groups is 1. The average Bonchev–Trinajstić information content (AvgIpc) is 2.68. The summed E-state index contributed by atoms with van der Waals surface area (Å²) in [7, 11) is 0. The van der Waals surface area contributed by atoms with Crippen molar-refractivity contribution in [1.82, 2.24) is 0 Å². The summed E-state index contributed by atoms with van der Waals surface area (Å²) in [6.45, 7) is 4.41. The number of anilines is 2. The normalized spacial score (nSPS) is 14.1. The van der Waals surface area contributed by atoms with E-state index >= 15 is 0 Å². The van der Waals surface area contributed by atoms with Crippen molar-refractivity contribution in [2.75, 3.05) is 42.6 Å². The number of nitro benzene ring substituents is 1. The predicted octanol–water partition coefficient (Wildman–Crippen LogP) is 2.80. The highest BCUT2D eigenvalue weighted by atomic mass is 16.6. The standard InChI is InChI=1S/C19H21N3O5/c1-2-27-19(24)15-13-14(22(25)26)7-8-16(15)20-9-11-21(12-10-20)17-5-3-4-6-18(17)23/h3-8,13,23H,2,9-12H2,1H3. The predicted molar refractivity (Wildman–Crippen MR) is 102 cm³/mol. The molecule has 8 heteroatoms. The molecule has 0 bridgehead atoms. The lowest BCUT2D eigenvalue weighted by atomic mass is 10.1. The molecule has 8 nitrogen and oxygen atoms in total. The number of piperazine rings is 1. The van der Waals surface area contributed by atoms with E-state index in [2.05, 4.69) is 4.90 Å². The van der Waals surface area contributed by atoms with Gasteiger partial charge < -0.3 is 19.6 Å². The second-order valence-corrected chi connectivity index (χ2v) is 6.14. The second kappa shape index (κ2) is 7.94. The van der Waals surface area contributed by atoms with E-state index in [-0.39, 0.29) is 23.6 Å². The molecule has 0 amide bonds. The summed E-state index contributed by atoms with van der Waals surface area (Å²) in [4.78, 5) is 26.9. The largest absolute Gasteiger partial charge is 0.506 e. The highest BCUT2D eigenvalue weighted by molar-refractivity contribution is 5.96. The maximum atomic E-state index is 12.3. The third kappa shape index (κ3) is 3.94. The van der Waals surface area contributed by atoms with Crippen LogP contribution in [0.3, 0.4) is 0 Å². The van der Waals surface area contributed by atoms with Gasteiger partial charge in [0.05, 0.1) is 28.5 Å². The van der Waals surface area contributed by atoms with Crippen LogP contribution in [0.5, 0.6) is 5.75 Å². The Bertz CT molecular complexity index is 847. The van der Waals surface area contributed by atoms with E-state index in [1.807, 2.05) is 17.0 Å². The third-order valence-electron chi connectivity index (χ3n) is 4.53. The SMILES string of the molecule is CCOC(=O)c1cc([N+](=O)[O-])ccc1N1CCN(c2ccccc2O)CC1. The molecular weight excluding hydrogens is 350 g/mol. The molecule has 0 aliphatic carbocycles. The zero-order valence-electron chi connectivity index (χ0n) is 15.0. The first-order chi connectivity index (χ1) is 13.0. The van der Waals surface area contributed by atoms with Crippen LogP contribution in [-0.4, -0.2) is 48.8 Å². The Hall–Kier alpha value is -3.29. The maximum Gasteiger partial charge on any atom is 0.340 e. The molecule has 1 saturated heterocycles. The minimum absolute atomic E-state index is 0.144. The maximum absolute atomic E-state index is 12.3. The number of carbonyl (C=O) groups is 1. The van der Waals surface area contributed by atoms with Gasteiger partial charge in [0, 0.05) is 38.3 Å². The van der Waals surface area contributed by atoms with Crippen LogP contribution >= 0.6 is 0 Å². The van der Waals surface area contributed by atoms with Gasteiger partial charge in [-0.2, -0.15) is 0 Å². The van der Waals surface area contributed by atoms with Gasteiger partial charge in [0.25, 0.3) is 5.69 Å². The van der Waals surface area contributed by atoms with E-state index in [1.54, 1.807) is 25.1 Å². The number of para-hydroxylation sites is 2. The molecule has 1 N–H and O–H groups in total. The molecule has 0 saturated carbocycles. The number of nitro groups is 1. The zero-order valence-corrected chi connectivity index (χ0v) is 15.0. The van der Waals surface area contributed by atoms with Crippen LogP contribution in [-0.2, 0) is 4.74 Å². The van der Waals surface area contributed by atoms with Crippen molar-refractivity contribution >= 4 is 23.0 Å². The molecule has 2 aromatic rings. The van der Waals surface area contributed by atoms with Crippen molar-refractivity contribution in [2.24, 2.45) is 0 Å². The van der Waals surface area contributed by atoms with Gasteiger partial charge in [-0.25, -0.2) is 4.79 Å². The van der Waals surface area contributed by atoms with E-state index in [4.69, 9.17) is 4.74 Å². The first-order valence-electron chi connectivity index (χ1n) is 8.74. The van der Waals surface area contributed by atoms with Gasteiger partial charge in [-0.3, -0.25) is 10.1 Å². The first-order valence-corrected chi connectivity index (χ1v) is 8.74. The molecule has 1 aliphatic rings. The summed E-state index contributed by atoms with van der Waals surface area (Å²) in [6, 6.07) is 11.4. The quantitative estimate of drug-likeness (QED) is 0.490. The number of non-ortho nitro benzene ring substituents is 1. The summed E-state index contributed by atoms with van der Waals surface area (Å²) in [6.07, 6.45) is 0. The number of benzene rings is 2. The first kappa shape index (κ1) is 18.5. The van der Waals surface area contributed by atoms with Crippen molar-refractivity contribution in [3.8, 4) is 5.75 Å². The van der Waals surface area contributed by atoms with E-state index in [0.29, 0.717) is 31.9 Å². The summed E-state index contributed by atoms with van der Waals surface area (Å²) in [5.74, 6) is -0.340. The second-order valence-electron chi connectivity index (χ2n) is 6.14. The number of phenolic OH excluding ortho intramolecular Hbond substituents is 1. The molecule has 142 valence electrons. The molecule has 0 spiro atoms. The van der Waals surface area contributed by atoms with Gasteiger partial charge >= 0.3 is 5.97 Å². The fourth-order valence-electron chi connectivity index (χ4n) is 3.21. The Kier molecular flexibility index (Phi) is 5.44. The van der Waals surface area contributed by atoms with Crippen molar-refractivity contribution in [3.63, 3.8) is 0 Å². The van der Waals surface area contributed by atoms with Crippen LogP contribution in [0.15, 0.2) is 42.5 Å². The lowest BCUT2D eigenvalue weighted by Crippen LogP contribution is -2.47. The molecule has 0 radical (unpaired) electrons. The topological polar surface area (TPSA) is 96.1 Å². The summed E-state index contributed by atoms with van der Waals surface area (Å²) in [5, 5.41) is 21.1. The molecule has 3 rings (SSSR count). The Balaban J connectivity index is 1.82. The van der Waals surface area contributed by atoms with Crippen molar-refractivity contribution in [3.05, 3.63) is 58.1 Å². The van der Waals surface area contributed by atoms with Crippen molar-refractivity contribution in [1.29, 1.82) is 0 Å². The molecule has 0 unspecified atom stereocenters. The summed E-state index contributed by atoms with van der Waals surface area (Å²) in [5.41, 5.74) is 1.44. The minimum Gasteiger partial charge on any atom is -0.506 e. The number of nitrogens with zero attached hydrogens (tertiary/aromatic N) is 3. The van der Waals surface area contributed by atoms with Gasteiger partial charge in [-0.15, -0.1) is 0 Å². The number of phenols is 1. The van der Waals surface area contributed by atoms with E-state index < -0.39 is 10.9 Å².